The Labute approximate surface area is 300 Å². The number of aliphatic carboxylic acids is 1. The van der Waals surface area contributed by atoms with Gasteiger partial charge in [-0.25, -0.2) is 4.79 Å². The second-order valence-corrected chi connectivity index (χ2v) is 13.7. The minimum Gasteiger partial charge on any atom is -0.480 e. The molecule has 0 saturated heterocycles. The molecule has 0 heterocycles. The first-order valence-electron chi connectivity index (χ1n) is 17.5. The molecule has 11 heteroatoms. The summed E-state index contributed by atoms with van der Waals surface area (Å²) in [7, 11) is 0. The lowest BCUT2D eigenvalue weighted by Crippen LogP contribution is -2.57. The third kappa shape index (κ3) is 12.1. The Kier molecular flexibility index (Phi) is 15.4. The van der Waals surface area contributed by atoms with Gasteiger partial charge in [-0.3, -0.25) is 19.2 Å². The van der Waals surface area contributed by atoms with Crippen molar-refractivity contribution >= 4 is 29.6 Å². The number of aliphatic hydroxyl groups is 1. The number of benzene rings is 3. The number of amides is 4. The van der Waals surface area contributed by atoms with Crippen molar-refractivity contribution in [2.45, 2.75) is 91.1 Å². The van der Waals surface area contributed by atoms with Crippen LogP contribution in [0.2, 0.25) is 0 Å². The molecule has 3 rings (SSSR count). The normalized spacial score (nSPS) is 14.8. The van der Waals surface area contributed by atoms with E-state index in [9.17, 15) is 34.2 Å². The summed E-state index contributed by atoms with van der Waals surface area (Å²) in [5, 5.41) is 31.9. The Balaban J connectivity index is 1.78. The van der Waals surface area contributed by atoms with E-state index in [0.717, 1.165) is 16.7 Å². The minimum absolute atomic E-state index is 0.183. The molecule has 0 bridgehead atoms. The predicted molar refractivity (Wildman–Crippen MR) is 196 cm³/mol. The van der Waals surface area contributed by atoms with Gasteiger partial charge in [0.05, 0.1) is 18.6 Å². The van der Waals surface area contributed by atoms with Crippen LogP contribution < -0.4 is 21.3 Å². The van der Waals surface area contributed by atoms with Gasteiger partial charge in [0, 0.05) is 5.56 Å². The van der Waals surface area contributed by atoms with Gasteiger partial charge in [-0.15, -0.1) is 0 Å². The van der Waals surface area contributed by atoms with Gasteiger partial charge in [0.25, 0.3) is 5.91 Å². The molecule has 0 saturated carbocycles. The number of nitrogens with one attached hydrogen (secondary N) is 4. The van der Waals surface area contributed by atoms with Gasteiger partial charge in [0.15, 0.2) is 0 Å². The van der Waals surface area contributed by atoms with E-state index < -0.39 is 66.3 Å². The van der Waals surface area contributed by atoms with E-state index in [1.807, 2.05) is 73.7 Å². The van der Waals surface area contributed by atoms with Gasteiger partial charge < -0.3 is 31.5 Å². The van der Waals surface area contributed by atoms with Crippen molar-refractivity contribution in [3.05, 3.63) is 96.1 Å². The summed E-state index contributed by atoms with van der Waals surface area (Å²) < 4.78 is 0. The van der Waals surface area contributed by atoms with Crippen molar-refractivity contribution in [3.8, 4) is 11.1 Å². The average Bonchev–Trinajstić information content (AvgIpc) is 3.11. The van der Waals surface area contributed by atoms with Gasteiger partial charge in [-0.1, -0.05) is 121 Å². The van der Waals surface area contributed by atoms with Gasteiger partial charge >= 0.3 is 5.97 Å². The zero-order valence-electron chi connectivity index (χ0n) is 30.3. The number of rotatable bonds is 18. The molecule has 0 fully saturated rings. The number of hydrogen-bond donors (Lipinski definition) is 6. The van der Waals surface area contributed by atoms with Crippen LogP contribution in [0.15, 0.2) is 84.9 Å². The SMILES string of the molecule is CCC(C)C(NC(=O)CC(O)C(Cc1ccccc1)NC(=O)C(NC(=O)c1cccc(-c2ccccc2)c1)C(C)C)C(=O)NC(C(=O)O)C(C)C. The standard InChI is InChI=1S/C40H52N4O7/c1-7-26(6)36(39(49)44-35(25(4)5)40(50)51)42-33(46)23-32(45)31(21-27-15-10-8-11-16-27)41-38(48)34(24(2)3)43-37(47)30-20-14-19-29(22-30)28-17-12-9-13-18-28/h8-20,22,24-26,31-32,34-36,45H,7,21,23H2,1-6H3,(H,41,48)(H,42,46)(H,43,47)(H,44,49)(H,50,51). The molecule has 3 aromatic rings. The summed E-state index contributed by atoms with van der Waals surface area (Å²) in [4.78, 5) is 65.4. The predicted octanol–water partition coefficient (Wildman–Crippen LogP) is 4.34. The lowest BCUT2D eigenvalue weighted by molar-refractivity contribution is -0.143. The third-order valence-corrected chi connectivity index (χ3v) is 9.00. The van der Waals surface area contributed by atoms with Crippen LogP contribution >= 0.6 is 0 Å². The number of carbonyl (C=O) groups is 5. The molecular formula is C40H52N4O7. The van der Waals surface area contributed by atoms with Crippen LogP contribution in [0.3, 0.4) is 0 Å². The molecule has 0 aliphatic heterocycles. The number of carboxylic acids is 1. The molecule has 6 unspecified atom stereocenters. The summed E-state index contributed by atoms with van der Waals surface area (Å²) in [6, 6.07) is 21.8. The van der Waals surface area contributed by atoms with Crippen molar-refractivity contribution < 1.29 is 34.2 Å². The van der Waals surface area contributed by atoms with Crippen molar-refractivity contribution in [1.29, 1.82) is 0 Å². The zero-order chi connectivity index (χ0) is 37.7. The molecule has 0 aliphatic carbocycles. The first kappa shape index (κ1) is 40.4. The maximum absolute atomic E-state index is 13.8. The van der Waals surface area contributed by atoms with E-state index in [0.29, 0.717) is 12.0 Å². The maximum Gasteiger partial charge on any atom is 0.326 e. The summed E-state index contributed by atoms with van der Waals surface area (Å²) in [6.45, 7) is 10.6. The Morgan fingerprint density at radius 1 is 0.647 bits per heavy atom. The molecule has 0 radical (unpaired) electrons. The first-order valence-corrected chi connectivity index (χ1v) is 17.5. The molecule has 6 atom stereocenters. The quantitative estimate of drug-likeness (QED) is 0.115. The molecule has 3 aromatic carbocycles. The molecule has 4 amide bonds. The molecular weight excluding hydrogens is 648 g/mol. The van der Waals surface area contributed by atoms with Crippen molar-refractivity contribution in [1.82, 2.24) is 21.3 Å². The number of hydrogen-bond acceptors (Lipinski definition) is 6. The van der Waals surface area contributed by atoms with E-state index in [2.05, 4.69) is 21.3 Å². The van der Waals surface area contributed by atoms with Crippen LogP contribution in [-0.2, 0) is 25.6 Å². The molecule has 51 heavy (non-hydrogen) atoms. The smallest absolute Gasteiger partial charge is 0.326 e. The Morgan fingerprint density at radius 2 is 1.22 bits per heavy atom. The van der Waals surface area contributed by atoms with Crippen LogP contribution in [0.4, 0.5) is 0 Å². The number of aliphatic hydroxyl groups excluding tert-OH is 1. The Morgan fingerprint density at radius 3 is 1.78 bits per heavy atom. The fraction of sp³-hybridized carbons (Fsp3) is 0.425. The average molecular weight is 701 g/mol. The van der Waals surface area contributed by atoms with Gasteiger partial charge in [0.2, 0.25) is 17.7 Å². The second kappa shape index (κ2) is 19.4. The fourth-order valence-corrected chi connectivity index (χ4v) is 5.68. The van der Waals surface area contributed by atoms with Gasteiger partial charge in [0.1, 0.15) is 18.1 Å². The second-order valence-electron chi connectivity index (χ2n) is 13.7. The fourth-order valence-electron chi connectivity index (χ4n) is 5.68. The monoisotopic (exact) mass is 700 g/mol. The molecule has 0 aromatic heterocycles. The topological polar surface area (TPSA) is 174 Å². The van der Waals surface area contributed by atoms with Crippen LogP contribution in [0.25, 0.3) is 11.1 Å². The summed E-state index contributed by atoms with van der Waals surface area (Å²) in [5.41, 5.74) is 2.99. The Bertz CT molecular complexity index is 1610. The molecule has 11 nitrogen and oxygen atoms in total. The highest BCUT2D eigenvalue weighted by Crippen LogP contribution is 2.20. The van der Waals surface area contributed by atoms with Crippen molar-refractivity contribution in [2.24, 2.45) is 17.8 Å². The highest BCUT2D eigenvalue weighted by Gasteiger charge is 2.34. The van der Waals surface area contributed by atoms with E-state index in [4.69, 9.17) is 0 Å². The summed E-state index contributed by atoms with van der Waals surface area (Å²) in [5.74, 6) is -4.45. The number of carboxylic acid groups (broad SMARTS) is 1. The lowest BCUT2D eigenvalue weighted by Gasteiger charge is -2.30. The van der Waals surface area contributed by atoms with Gasteiger partial charge in [-0.2, -0.15) is 0 Å². The van der Waals surface area contributed by atoms with Crippen LogP contribution in [0, 0.1) is 17.8 Å². The van der Waals surface area contributed by atoms with Crippen LogP contribution in [0.1, 0.15) is 70.3 Å². The van der Waals surface area contributed by atoms with Crippen molar-refractivity contribution in [2.75, 3.05) is 0 Å². The molecule has 274 valence electrons. The Hall–Kier alpha value is -5.03. The first-order chi connectivity index (χ1) is 24.2. The summed E-state index contributed by atoms with van der Waals surface area (Å²) in [6.07, 6.45) is -1.12. The van der Waals surface area contributed by atoms with E-state index in [1.54, 1.807) is 52.8 Å². The maximum atomic E-state index is 13.8. The molecule has 0 spiro atoms. The van der Waals surface area contributed by atoms with E-state index in [1.165, 1.54) is 0 Å². The van der Waals surface area contributed by atoms with E-state index >= 15 is 0 Å². The zero-order valence-corrected chi connectivity index (χ0v) is 30.3. The van der Waals surface area contributed by atoms with Crippen LogP contribution in [-0.4, -0.2) is 70.1 Å². The van der Waals surface area contributed by atoms with Crippen molar-refractivity contribution in [3.63, 3.8) is 0 Å². The number of carbonyl (C=O) groups excluding carboxylic acids is 4. The minimum atomic E-state index is -1.37. The highest BCUT2D eigenvalue weighted by molar-refractivity contribution is 5.98. The lowest BCUT2D eigenvalue weighted by atomic mass is 9.95. The van der Waals surface area contributed by atoms with Crippen LogP contribution in [0.5, 0.6) is 0 Å². The third-order valence-electron chi connectivity index (χ3n) is 9.00. The van der Waals surface area contributed by atoms with Gasteiger partial charge in [-0.05, 0) is 53.0 Å². The molecule has 0 aliphatic rings. The molecule has 6 N–H and O–H groups in total. The van der Waals surface area contributed by atoms with E-state index in [-0.39, 0.29) is 24.2 Å². The largest absolute Gasteiger partial charge is 0.480 e. The highest BCUT2D eigenvalue weighted by atomic mass is 16.4. The summed E-state index contributed by atoms with van der Waals surface area (Å²) >= 11 is 0.